The third kappa shape index (κ3) is 4.22. The van der Waals surface area contributed by atoms with Crippen molar-refractivity contribution in [3.05, 3.63) is 59.7 Å². The molecule has 2 fully saturated rings. The number of hydrogen-bond donors (Lipinski definition) is 2. The lowest BCUT2D eigenvalue weighted by Gasteiger charge is -2.42. The normalized spacial score (nSPS) is 17.4. The molecule has 0 radical (unpaired) electrons. The van der Waals surface area contributed by atoms with Gasteiger partial charge in [0.05, 0.1) is 0 Å². The maximum atomic E-state index is 13.1. The lowest BCUT2D eigenvalue weighted by Crippen LogP contribution is -2.57. The number of amides is 2. The van der Waals surface area contributed by atoms with Gasteiger partial charge < -0.3 is 31.1 Å². The maximum absolute atomic E-state index is 13.1. The summed E-state index contributed by atoms with van der Waals surface area (Å²) in [4.78, 5) is 21.7. The van der Waals surface area contributed by atoms with Crippen molar-refractivity contribution in [3.63, 3.8) is 0 Å². The summed E-state index contributed by atoms with van der Waals surface area (Å²) in [5.74, 6) is 0. The van der Waals surface area contributed by atoms with Crippen LogP contribution in [0.4, 0.5) is 16.2 Å². The largest absolute Gasteiger partial charge is 0.368 e. The van der Waals surface area contributed by atoms with Gasteiger partial charge in [-0.25, -0.2) is 4.79 Å². The summed E-state index contributed by atoms with van der Waals surface area (Å²) >= 11 is 0. The Balaban J connectivity index is 1.31. The van der Waals surface area contributed by atoms with E-state index in [0.29, 0.717) is 13.1 Å². The summed E-state index contributed by atoms with van der Waals surface area (Å²) in [6.07, 6.45) is 0. The molecule has 0 bridgehead atoms. The van der Waals surface area contributed by atoms with Crippen molar-refractivity contribution in [3.8, 4) is 0 Å². The molecule has 2 aromatic rings. The molecular formula is C23H32N6O. The highest BCUT2D eigenvalue weighted by Crippen LogP contribution is 2.23. The van der Waals surface area contributed by atoms with E-state index in [-0.39, 0.29) is 6.03 Å². The Bertz CT molecular complexity index is 787. The van der Waals surface area contributed by atoms with Crippen molar-refractivity contribution in [2.45, 2.75) is 13.1 Å². The molecule has 2 aliphatic heterocycles. The summed E-state index contributed by atoms with van der Waals surface area (Å²) in [7, 11) is 0. The van der Waals surface area contributed by atoms with Gasteiger partial charge in [-0.1, -0.05) is 36.4 Å². The molecule has 0 saturated carbocycles. The number of benzene rings is 2. The number of carbonyl (C=O) groups excluding carboxylic acids is 1. The van der Waals surface area contributed by atoms with Crippen LogP contribution in [0.5, 0.6) is 0 Å². The lowest BCUT2D eigenvalue weighted by molar-refractivity contribution is 0.147. The van der Waals surface area contributed by atoms with Crippen molar-refractivity contribution in [2.24, 2.45) is 11.5 Å². The third-order valence-electron chi connectivity index (χ3n) is 6.20. The number of piperazine rings is 2. The van der Waals surface area contributed by atoms with E-state index in [2.05, 4.69) is 34.1 Å². The van der Waals surface area contributed by atoms with Crippen LogP contribution in [0, 0.1) is 0 Å². The van der Waals surface area contributed by atoms with Gasteiger partial charge in [0.15, 0.2) is 0 Å². The van der Waals surface area contributed by atoms with Crippen LogP contribution in [0.3, 0.4) is 0 Å². The van der Waals surface area contributed by atoms with Gasteiger partial charge in [-0.2, -0.15) is 0 Å². The first-order valence-electron chi connectivity index (χ1n) is 10.8. The number of anilines is 2. The lowest BCUT2D eigenvalue weighted by atomic mass is 10.1. The molecule has 4 N–H and O–H groups in total. The summed E-state index contributed by atoms with van der Waals surface area (Å²) in [5, 5.41) is 0. The van der Waals surface area contributed by atoms with Crippen molar-refractivity contribution in [2.75, 3.05) is 62.2 Å². The topological polar surface area (TPSA) is 82.1 Å². The molecule has 7 nitrogen and oxygen atoms in total. The van der Waals surface area contributed by atoms with E-state index >= 15 is 0 Å². The minimum absolute atomic E-state index is 0.161. The molecule has 2 heterocycles. The molecule has 160 valence electrons. The first-order chi connectivity index (χ1) is 14.7. The fourth-order valence-corrected chi connectivity index (χ4v) is 4.46. The fraction of sp³-hybridized carbons (Fsp3) is 0.435. The standard InChI is InChI=1S/C23H32N6O/c24-17-19-5-1-3-7-21(19)26-9-13-28(14-10-26)23(30)29-15-11-27(12-16-29)22-8-4-2-6-20(22)18-25/h1-8H,9-18,24-25H2. The van der Waals surface area contributed by atoms with E-state index < -0.39 is 0 Å². The predicted octanol–water partition coefficient (Wildman–Crippen LogP) is 1.67. The highest BCUT2D eigenvalue weighted by Gasteiger charge is 2.28. The highest BCUT2D eigenvalue weighted by molar-refractivity contribution is 5.75. The van der Waals surface area contributed by atoms with Crippen LogP contribution < -0.4 is 21.3 Å². The van der Waals surface area contributed by atoms with Gasteiger partial charge >= 0.3 is 6.03 Å². The van der Waals surface area contributed by atoms with Gasteiger partial charge in [0.1, 0.15) is 0 Å². The summed E-state index contributed by atoms with van der Waals surface area (Å²) < 4.78 is 0. The van der Waals surface area contributed by atoms with E-state index in [1.165, 1.54) is 11.4 Å². The van der Waals surface area contributed by atoms with Crippen molar-refractivity contribution in [1.29, 1.82) is 0 Å². The Morgan fingerprint density at radius 3 is 1.37 bits per heavy atom. The number of urea groups is 1. The van der Waals surface area contributed by atoms with Crippen LogP contribution in [0.15, 0.2) is 48.5 Å². The van der Waals surface area contributed by atoms with Crippen LogP contribution >= 0.6 is 0 Å². The van der Waals surface area contributed by atoms with E-state index in [1.807, 2.05) is 34.1 Å². The number of para-hydroxylation sites is 2. The molecule has 4 rings (SSSR count). The van der Waals surface area contributed by atoms with Gasteiger partial charge in [0.2, 0.25) is 0 Å². The molecule has 2 amide bonds. The molecule has 0 aliphatic carbocycles. The Labute approximate surface area is 178 Å². The molecule has 2 aliphatic rings. The Morgan fingerprint density at radius 1 is 0.633 bits per heavy atom. The monoisotopic (exact) mass is 408 g/mol. The molecule has 0 atom stereocenters. The van der Waals surface area contributed by atoms with Gasteiger partial charge in [-0.15, -0.1) is 0 Å². The average Bonchev–Trinajstić information content (AvgIpc) is 2.83. The van der Waals surface area contributed by atoms with Gasteiger partial charge in [-0.3, -0.25) is 0 Å². The predicted molar refractivity (Wildman–Crippen MR) is 122 cm³/mol. The minimum atomic E-state index is 0.161. The molecule has 2 aromatic carbocycles. The highest BCUT2D eigenvalue weighted by atomic mass is 16.2. The second-order valence-electron chi connectivity index (χ2n) is 7.90. The summed E-state index contributed by atoms with van der Waals surface area (Å²) in [5.41, 5.74) is 16.5. The van der Waals surface area contributed by atoms with Crippen LogP contribution in [0.25, 0.3) is 0 Å². The van der Waals surface area contributed by atoms with Gasteiger partial charge in [0.25, 0.3) is 0 Å². The van der Waals surface area contributed by atoms with E-state index in [4.69, 9.17) is 11.5 Å². The van der Waals surface area contributed by atoms with Gasteiger partial charge in [0, 0.05) is 76.8 Å². The van der Waals surface area contributed by atoms with Gasteiger partial charge in [-0.05, 0) is 23.3 Å². The Hall–Kier alpha value is -2.77. The summed E-state index contributed by atoms with van der Waals surface area (Å²) in [6.45, 7) is 7.40. The first kappa shape index (κ1) is 20.5. The molecule has 0 spiro atoms. The third-order valence-corrected chi connectivity index (χ3v) is 6.20. The second-order valence-corrected chi connectivity index (χ2v) is 7.90. The van der Waals surface area contributed by atoms with E-state index in [1.54, 1.807) is 0 Å². The second kappa shape index (κ2) is 9.36. The first-order valence-corrected chi connectivity index (χ1v) is 10.8. The van der Waals surface area contributed by atoms with Crippen molar-refractivity contribution < 1.29 is 4.79 Å². The molecule has 0 aromatic heterocycles. The zero-order valence-corrected chi connectivity index (χ0v) is 17.5. The number of carbonyl (C=O) groups is 1. The Morgan fingerprint density at radius 2 is 1.00 bits per heavy atom. The van der Waals surface area contributed by atoms with Crippen LogP contribution in [0.1, 0.15) is 11.1 Å². The summed E-state index contributed by atoms with van der Waals surface area (Å²) in [6, 6.07) is 16.7. The smallest absolute Gasteiger partial charge is 0.320 e. The van der Waals surface area contributed by atoms with Crippen LogP contribution in [0.2, 0.25) is 0 Å². The number of nitrogens with two attached hydrogens (primary N) is 2. The Kier molecular flexibility index (Phi) is 6.40. The maximum Gasteiger partial charge on any atom is 0.320 e. The van der Waals surface area contributed by atoms with E-state index in [0.717, 1.165) is 63.5 Å². The van der Waals surface area contributed by atoms with Crippen molar-refractivity contribution >= 4 is 17.4 Å². The zero-order valence-electron chi connectivity index (χ0n) is 17.5. The molecule has 7 heteroatoms. The zero-order chi connectivity index (χ0) is 20.9. The SMILES string of the molecule is NCc1ccccc1N1CCN(C(=O)N2CCN(c3ccccc3CN)CC2)CC1. The van der Waals surface area contributed by atoms with Crippen LogP contribution in [-0.4, -0.2) is 68.2 Å². The van der Waals surface area contributed by atoms with E-state index in [9.17, 15) is 4.79 Å². The minimum Gasteiger partial charge on any atom is -0.368 e. The fourth-order valence-electron chi connectivity index (χ4n) is 4.46. The molecule has 2 saturated heterocycles. The number of hydrogen-bond acceptors (Lipinski definition) is 5. The average molecular weight is 409 g/mol. The molecule has 0 unspecified atom stereocenters. The number of nitrogens with zero attached hydrogens (tertiary/aromatic N) is 4. The number of rotatable bonds is 4. The quantitative estimate of drug-likeness (QED) is 0.804. The van der Waals surface area contributed by atoms with Crippen LogP contribution in [-0.2, 0) is 13.1 Å². The molecular weight excluding hydrogens is 376 g/mol. The molecule has 30 heavy (non-hydrogen) atoms. The van der Waals surface area contributed by atoms with Crippen molar-refractivity contribution in [1.82, 2.24) is 9.80 Å².